The molecular weight excluding hydrogens is 376 g/mol. The molecule has 0 fully saturated rings. The van der Waals surface area contributed by atoms with Gasteiger partial charge in [-0.05, 0) is 12.1 Å². The van der Waals surface area contributed by atoms with Crippen molar-refractivity contribution in [2.75, 3.05) is 24.2 Å². The molecule has 2 amide bonds. The van der Waals surface area contributed by atoms with Gasteiger partial charge in [-0.3, -0.25) is 14.9 Å². The van der Waals surface area contributed by atoms with Gasteiger partial charge < -0.3 is 14.8 Å². The fourth-order valence-corrected chi connectivity index (χ4v) is 3.59. The standard InChI is InChI=1S/C16H16N4O4S2/c1-2-7-17-15-19-20-16(26-15)25-9-13(21)18-14(22)12-8-23-10-5-3-4-6-11(10)24-12/h2-6,12H,1,7-9H2,(H,17,19)(H,18,21,22)/t12-/m1/s1. The van der Waals surface area contributed by atoms with Crippen LogP contribution in [-0.2, 0) is 9.59 Å². The highest BCUT2D eigenvalue weighted by atomic mass is 32.2. The minimum Gasteiger partial charge on any atom is -0.485 e. The molecule has 3 rings (SSSR count). The van der Waals surface area contributed by atoms with Crippen LogP contribution in [0.4, 0.5) is 5.13 Å². The van der Waals surface area contributed by atoms with E-state index in [4.69, 9.17) is 9.47 Å². The first kappa shape index (κ1) is 18.2. The Morgan fingerprint density at radius 1 is 1.35 bits per heavy atom. The maximum Gasteiger partial charge on any atom is 0.271 e. The molecular formula is C16H16N4O4S2. The van der Waals surface area contributed by atoms with Gasteiger partial charge in [0.1, 0.15) is 6.61 Å². The lowest BCUT2D eigenvalue weighted by atomic mass is 10.2. The maximum atomic E-state index is 12.2. The Morgan fingerprint density at radius 2 is 2.15 bits per heavy atom. The van der Waals surface area contributed by atoms with Crippen LogP contribution in [0.2, 0.25) is 0 Å². The van der Waals surface area contributed by atoms with Gasteiger partial charge in [0, 0.05) is 6.54 Å². The number of hydrogen-bond donors (Lipinski definition) is 2. The van der Waals surface area contributed by atoms with Crippen molar-refractivity contribution in [3.8, 4) is 11.5 Å². The van der Waals surface area contributed by atoms with Crippen LogP contribution in [-0.4, -0.2) is 47.0 Å². The lowest BCUT2D eigenvalue weighted by Crippen LogP contribution is -2.46. The Morgan fingerprint density at radius 3 is 2.96 bits per heavy atom. The molecule has 26 heavy (non-hydrogen) atoms. The Bertz CT molecular complexity index is 811. The molecule has 1 atom stereocenters. The van der Waals surface area contributed by atoms with E-state index < -0.39 is 17.9 Å². The van der Waals surface area contributed by atoms with Crippen molar-refractivity contribution in [3.63, 3.8) is 0 Å². The lowest BCUT2D eigenvalue weighted by molar-refractivity contribution is -0.135. The van der Waals surface area contributed by atoms with E-state index in [1.165, 1.54) is 23.1 Å². The van der Waals surface area contributed by atoms with E-state index in [0.29, 0.717) is 27.5 Å². The third kappa shape index (κ3) is 4.73. The van der Waals surface area contributed by atoms with Crippen LogP contribution in [0.25, 0.3) is 0 Å². The molecule has 0 spiro atoms. The number of ether oxygens (including phenoxy) is 2. The SMILES string of the molecule is C=CCNc1nnc(SCC(=O)NC(=O)[C@H]2COc3ccccc3O2)s1. The number of carbonyl (C=O) groups excluding carboxylic acids is 2. The van der Waals surface area contributed by atoms with E-state index in [2.05, 4.69) is 27.4 Å². The molecule has 0 radical (unpaired) electrons. The number of nitrogens with zero attached hydrogens (tertiary/aromatic N) is 2. The van der Waals surface area contributed by atoms with Gasteiger partial charge in [-0.25, -0.2) is 0 Å². The van der Waals surface area contributed by atoms with Crippen molar-refractivity contribution in [2.45, 2.75) is 10.4 Å². The normalized spacial score (nSPS) is 15.2. The smallest absolute Gasteiger partial charge is 0.271 e. The molecule has 10 heteroatoms. The van der Waals surface area contributed by atoms with Crippen molar-refractivity contribution >= 4 is 40.0 Å². The van der Waals surface area contributed by atoms with Gasteiger partial charge in [0.05, 0.1) is 5.75 Å². The molecule has 8 nitrogen and oxygen atoms in total. The van der Waals surface area contributed by atoms with E-state index in [1.54, 1.807) is 24.3 Å². The van der Waals surface area contributed by atoms with Crippen LogP contribution >= 0.6 is 23.1 Å². The predicted molar refractivity (Wildman–Crippen MR) is 98.8 cm³/mol. The summed E-state index contributed by atoms with van der Waals surface area (Å²) in [7, 11) is 0. The summed E-state index contributed by atoms with van der Waals surface area (Å²) < 4.78 is 11.7. The third-order valence-corrected chi connectivity index (χ3v) is 5.21. The average molecular weight is 392 g/mol. The van der Waals surface area contributed by atoms with E-state index >= 15 is 0 Å². The molecule has 0 saturated carbocycles. The van der Waals surface area contributed by atoms with E-state index in [1.807, 2.05) is 6.07 Å². The van der Waals surface area contributed by atoms with Crippen molar-refractivity contribution in [2.24, 2.45) is 0 Å². The number of anilines is 1. The van der Waals surface area contributed by atoms with E-state index in [-0.39, 0.29) is 12.4 Å². The number of rotatable bonds is 7. The van der Waals surface area contributed by atoms with Crippen LogP contribution in [0.1, 0.15) is 0 Å². The monoisotopic (exact) mass is 392 g/mol. The average Bonchev–Trinajstić information content (AvgIpc) is 3.12. The predicted octanol–water partition coefficient (Wildman–Crippen LogP) is 1.71. The number of thioether (sulfide) groups is 1. The summed E-state index contributed by atoms with van der Waals surface area (Å²) in [6, 6.07) is 7.06. The molecule has 0 aliphatic carbocycles. The van der Waals surface area contributed by atoms with Gasteiger partial charge in [-0.1, -0.05) is 41.3 Å². The van der Waals surface area contributed by atoms with Crippen LogP contribution in [0.15, 0.2) is 41.3 Å². The van der Waals surface area contributed by atoms with Crippen molar-refractivity contribution in [1.29, 1.82) is 0 Å². The number of amides is 2. The zero-order valence-corrected chi connectivity index (χ0v) is 15.3. The van der Waals surface area contributed by atoms with Gasteiger partial charge in [0.2, 0.25) is 17.1 Å². The lowest BCUT2D eigenvalue weighted by Gasteiger charge is -2.25. The fourth-order valence-electron chi connectivity index (χ4n) is 2.03. The first-order chi connectivity index (χ1) is 12.7. The number of fused-ring (bicyclic) bond motifs is 1. The Labute approximate surface area is 158 Å². The highest BCUT2D eigenvalue weighted by molar-refractivity contribution is 8.01. The molecule has 2 heterocycles. The zero-order valence-electron chi connectivity index (χ0n) is 13.6. The maximum absolute atomic E-state index is 12.2. The summed E-state index contributed by atoms with van der Waals surface area (Å²) in [5, 5.41) is 13.9. The first-order valence-corrected chi connectivity index (χ1v) is 9.49. The largest absolute Gasteiger partial charge is 0.485 e. The summed E-state index contributed by atoms with van der Waals surface area (Å²) in [6.45, 7) is 4.24. The molecule has 1 aromatic heterocycles. The van der Waals surface area contributed by atoms with Crippen LogP contribution in [0.3, 0.4) is 0 Å². The molecule has 1 aliphatic heterocycles. The summed E-state index contributed by atoms with van der Waals surface area (Å²) in [4.78, 5) is 24.1. The molecule has 1 aliphatic rings. The van der Waals surface area contributed by atoms with Crippen LogP contribution < -0.4 is 20.1 Å². The minimum atomic E-state index is -0.866. The number of aromatic nitrogens is 2. The van der Waals surface area contributed by atoms with E-state index in [9.17, 15) is 9.59 Å². The highest BCUT2D eigenvalue weighted by Gasteiger charge is 2.28. The van der Waals surface area contributed by atoms with E-state index in [0.717, 1.165) is 0 Å². The van der Waals surface area contributed by atoms with Crippen molar-refractivity contribution in [3.05, 3.63) is 36.9 Å². The summed E-state index contributed by atoms with van der Waals surface area (Å²) in [6.07, 6.45) is 0.845. The summed E-state index contributed by atoms with van der Waals surface area (Å²) in [5.74, 6) is 0.144. The zero-order chi connectivity index (χ0) is 18.4. The summed E-state index contributed by atoms with van der Waals surface area (Å²) >= 11 is 2.53. The second-order valence-corrected chi connectivity index (χ2v) is 7.31. The molecule has 2 aromatic rings. The number of benzene rings is 1. The Hall–Kier alpha value is -2.59. The van der Waals surface area contributed by atoms with Gasteiger partial charge in [-0.15, -0.1) is 16.8 Å². The quantitative estimate of drug-likeness (QED) is 0.542. The summed E-state index contributed by atoms with van der Waals surface area (Å²) in [5.41, 5.74) is 0. The highest BCUT2D eigenvalue weighted by Crippen LogP contribution is 2.31. The third-order valence-electron chi connectivity index (χ3n) is 3.19. The molecule has 0 bridgehead atoms. The Balaban J connectivity index is 1.45. The van der Waals surface area contributed by atoms with Gasteiger partial charge in [-0.2, -0.15) is 0 Å². The topological polar surface area (TPSA) is 102 Å². The van der Waals surface area contributed by atoms with Crippen LogP contribution in [0, 0.1) is 0 Å². The number of hydrogen-bond acceptors (Lipinski definition) is 9. The first-order valence-electron chi connectivity index (χ1n) is 7.69. The number of carbonyl (C=O) groups is 2. The van der Waals surface area contributed by atoms with Crippen molar-refractivity contribution < 1.29 is 19.1 Å². The van der Waals surface area contributed by atoms with Gasteiger partial charge in [0.15, 0.2) is 15.8 Å². The second kappa shape index (κ2) is 8.68. The van der Waals surface area contributed by atoms with Gasteiger partial charge >= 0.3 is 0 Å². The molecule has 136 valence electrons. The number of imide groups is 1. The molecule has 2 N–H and O–H groups in total. The fraction of sp³-hybridized carbons (Fsp3) is 0.250. The van der Waals surface area contributed by atoms with Gasteiger partial charge in [0.25, 0.3) is 5.91 Å². The van der Waals surface area contributed by atoms with Crippen molar-refractivity contribution in [1.82, 2.24) is 15.5 Å². The Kier molecular flexibility index (Phi) is 6.08. The second-order valence-electron chi connectivity index (χ2n) is 5.11. The minimum absolute atomic E-state index is 0.0476. The van der Waals surface area contributed by atoms with Crippen LogP contribution in [0.5, 0.6) is 11.5 Å². The molecule has 0 unspecified atom stereocenters. The number of para-hydroxylation sites is 2. The molecule has 0 saturated heterocycles. The number of nitrogens with one attached hydrogen (secondary N) is 2. The molecule has 1 aromatic carbocycles.